The average molecular weight is 258 g/mol. The molecule has 0 aromatic rings. The summed E-state index contributed by atoms with van der Waals surface area (Å²) < 4.78 is 0. The number of amides is 2. The number of rotatable bonds is 2. The standard InChI is InChI=1S/C12H22N2O2S/c1-9(2)12(16)14-5-4-13(10(3)15)6-11(7-14)8-17/h9,11,17H,4-8H2,1-3H3/t11-/m0/s1. The normalized spacial score (nSPS) is 21.6. The summed E-state index contributed by atoms with van der Waals surface area (Å²) in [4.78, 5) is 27.1. The molecule has 0 aromatic carbocycles. The molecule has 0 unspecified atom stereocenters. The van der Waals surface area contributed by atoms with Crippen molar-refractivity contribution in [1.82, 2.24) is 9.80 Å². The van der Waals surface area contributed by atoms with Crippen LogP contribution in [-0.4, -0.2) is 53.5 Å². The maximum atomic E-state index is 12.0. The van der Waals surface area contributed by atoms with Gasteiger partial charge in [-0.15, -0.1) is 0 Å². The highest BCUT2D eigenvalue weighted by atomic mass is 32.1. The monoisotopic (exact) mass is 258 g/mol. The number of nitrogens with zero attached hydrogens (tertiary/aromatic N) is 2. The van der Waals surface area contributed by atoms with E-state index in [0.717, 1.165) is 0 Å². The maximum Gasteiger partial charge on any atom is 0.225 e. The Kier molecular flexibility index (Phi) is 5.31. The molecule has 0 aromatic heterocycles. The molecule has 0 spiro atoms. The van der Waals surface area contributed by atoms with Crippen molar-refractivity contribution < 1.29 is 9.59 Å². The molecular weight excluding hydrogens is 236 g/mol. The minimum absolute atomic E-state index is 0.0134. The summed E-state index contributed by atoms with van der Waals surface area (Å²) in [6.07, 6.45) is 0. The van der Waals surface area contributed by atoms with Crippen LogP contribution in [0.25, 0.3) is 0 Å². The van der Waals surface area contributed by atoms with Crippen LogP contribution in [0.15, 0.2) is 0 Å². The van der Waals surface area contributed by atoms with E-state index in [-0.39, 0.29) is 23.7 Å². The van der Waals surface area contributed by atoms with Gasteiger partial charge in [0, 0.05) is 44.9 Å². The predicted octanol–water partition coefficient (Wildman–Crippen LogP) is 0.879. The van der Waals surface area contributed by atoms with Gasteiger partial charge < -0.3 is 9.80 Å². The Balaban J connectivity index is 2.72. The number of hydrogen-bond acceptors (Lipinski definition) is 3. The van der Waals surface area contributed by atoms with Crippen LogP contribution in [0.3, 0.4) is 0 Å². The topological polar surface area (TPSA) is 40.6 Å². The van der Waals surface area contributed by atoms with Crippen molar-refractivity contribution in [2.24, 2.45) is 11.8 Å². The molecule has 1 saturated heterocycles. The first-order valence-electron chi connectivity index (χ1n) is 6.10. The molecule has 0 N–H and O–H groups in total. The third kappa shape index (κ3) is 3.91. The highest BCUT2D eigenvalue weighted by Gasteiger charge is 2.26. The van der Waals surface area contributed by atoms with E-state index in [4.69, 9.17) is 0 Å². The quantitative estimate of drug-likeness (QED) is 0.747. The Morgan fingerprint density at radius 3 is 2.24 bits per heavy atom. The van der Waals surface area contributed by atoms with E-state index in [1.165, 1.54) is 0 Å². The van der Waals surface area contributed by atoms with Crippen molar-refractivity contribution in [1.29, 1.82) is 0 Å². The molecule has 2 amide bonds. The molecule has 1 atom stereocenters. The van der Waals surface area contributed by atoms with Crippen LogP contribution >= 0.6 is 12.6 Å². The van der Waals surface area contributed by atoms with E-state index in [9.17, 15) is 9.59 Å². The average Bonchev–Trinajstić information content (AvgIpc) is 2.50. The Morgan fingerprint density at radius 1 is 1.24 bits per heavy atom. The highest BCUT2D eigenvalue weighted by molar-refractivity contribution is 7.80. The van der Waals surface area contributed by atoms with E-state index < -0.39 is 0 Å². The number of carbonyl (C=O) groups excluding carboxylic acids is 2. The molecule has 1 aliphatic heterocycles. The Bertz CT molecular complexity index is 294. The molecule has 98 valence electrons. The van der Waals surface area contributed by atoms with Gasteiger partial charge in [-0.2, -0.15) is 12.6 Å². The van der Waals surface area contributed by atoms with E-state index in [2.05, 4.69) is 12.6 Å². The number of thiol groups is 1. The predicted molar refractivity (Wildman–Crippen MR) is 71.0 cm³/mol. The zero-order valence-electron chi connectivity index (χ0n) is 10.8. The van der Waals surface area contributed by atoms with Crippen molar-refractivity contribution >= 4 is 24.4 Å². The largest absolute Gasteiger partial charge is 0.341 e. The lowest BCUT2D eigenvalue weighted by atomic mass is 10.1. The minimum atomic E-state index is 0.0134. The van der Waals surface area contributed by atoms with Crippen LogP contribution < -0.4 is 0 Å². The van der Waals surface area contributed by atoms with Gasteiger partial charge in [-0.25, -0.2) is 0 Å². The van der Waals surface area contributed by atoms with Gasteiger partial charge in [0.2, 0.25) is 11.8 Å². The molecule has 0 bridgehead atoms. The molecule has 1 aliphatic rings. The summed E-state index contributed by atoms with van der Waals surface area (Å²) in [6, 6.07) is 0. The fourth-order valence-corrected chi connectivity index (χ4v) is 2.30. The third-order valence-corrected chi connectivity index (χ3v) is 3.62. The smallest absolute Gasteiger partial charge is 0.225 e. The fraction of sp³-hybridized carbons (Fsp3) is 0.833. The van der Waals surface area contributed by atoms with Gasteiger partial charge in [0.1, 0.15) is 0 Å². The van der Waals surface area contributed by atoms with E-state index in [0.29, 0.717) is 31.9 Å². The van der Waals surface area contributed by atoms with Gasteiger partial charge in [0.05, 0.1) is 0 Å². The van der Waals surface area contributed by atoms with Crippen molar-refractivity contribution in [3.8, 4) is 0 Å². The lowest BCUT2D eigenvalue weighted by molar-refractivity contribution is -0.135. The second-order valence-corrected chi connectivity index (χ2v) is 5.32. The third-order valence-electron chi connectivity index (χ3n) is 3.11. The highest BCUT2D eigenvalue weighted by Crippen LogP contribution is 2.13. The first-order chi connectivity index (χ1) is 7.95. The van der Waals surface area contributed by atoms with Gasteiger partial charge in [0.15, 0.2) is 0 Å². The first-order valence-corrected chi connectivity index (χ1v) is 6.74. The molecule has 17 heavy (non-hydrogen) atoms. The van der Waals surface area contributed by atoms with Crippen molar-refractivity contribution in [3.05, 3.63) is 0 Å². The van der Waals surface area contributed by atoms with Gasteiger partial charge >= 0.3 is 0 Å². The van der Waals surface area contributed by atoms with E-state index in [1.807, 2.05) is 23.6 Å². The Labute approximate surface area is 109 Å². The van der Waals surface area contributed by atoms with Crippen LogP contribution in [-0.2, 0) is 9.59 Å². The molecule has 0 aliphatic carbocycles. The van der Waals surface area contributed by atoms with Crippen LogP contribution in [0.2, 0.25) is 0 Å². The van der Waals surface area contributed by atoms with Gasteiger partial charge in [-0.1, -0.05) is 13.8 Å². The molecule has 1 rings (SSSR count). The van der Waals surface area contributed by atoms with E-state index >= 15 is 0 Å². The number of hydrogen-bond donors (Lipinski definition) is 1. The van der Waals surface area contributed by atoms with Crippen LogP contribution in [0.5, 0.6) is 0 Å². The first kappa shape index (κ1) is 14.4. The molecule has 5 heteroatoms. The second kappa shape index (κ2) is 6.28. The summed E-state index contributed by atoms with van der Waals surface area (Å²) >= 11 is 4.31. The summed E-state index contributed by atoms with van der Waals surface area (Å²) in [7, 11) is 0. The van der Waals surface area contributed by atoms with Gasteiger partial charge in [-0.3, -0.25) is 9.59 Å². The van der Waals surface area contributed by atoms with E-state index in [1.54, 1.807) is 6.92 Å². The lowest BCUT2D eigenvalue weighted by Crippen LogP contribution is -2.39. The molecule has 0 radical (unpaired) electrons. The van der Waals surface area contributed by atoms with Crippen LogP contribution in [0.4, 0.5) is 0 Å². The fourth-order valence-electron chi connectivity index (χ4n) is 2.07. The van der Waals surface area contributed by atoms with Crippen molar-refractivity contribution in [3.63, 3.8) is 0 Å². The van der Waals surface area contributed by atoms with Crippen LogP contribution in [0, 0.1) is 11.8 Å². The van der Waals surface area contributed by atoms with Crippen LogP contribution in [0.1, 0.15) is 20.8 Å². The maximum absolute atomic E-state index is 12.0. The zero-order valence-corrected chi connectivity index (χ0v) is 11.7. The molecule has 1 fully saturated rings. The Morgan fingerprint density at radius 2 is 1.76 bits per heavy atom. The van der Waals surface area contributed by atoms with Crippen molar-refractivity contribution in [2.45, 2.75) is 20.8 Å². The summed E-state index contributed by atoms with van der Waals surface area (Å²) in [5.74, 6) is 1.23. The van der Waals surface area contributed by atoms with Gasteiger partial charge in [-0.05, 0) is 5.75 Å². The molecule has 4 nitrogen and oxygen atoms in total. The SMILES string of the molecule is CC(=O)N1CCN(C(=O)C(C)C)C[C@@H](CS)C1. The summed E-state index contributed by atoms with van der Waals surface area (Å²) in [5, 5.41) is 0. The lowest BCUT2D eigenvalue weighted by Gasteiger charge is -2.24. The molecular formula is C12H22N2O2S. The minimum Gasteiger partial charge on any atom is -0.341 e. The summed E-state index contributed by atoms with van der Waals surface area (Å²) in [6.45, 7) is 8.09. The summed E-state index contributed by atoms with van der Waals surface area (Å²) in [5.41, 5.74) is 0. The van der Waals surface area contributed by atoms with Gasteiger partial charge in [0.25, 0.3) is 0 Å². The molecule has 0 saturated carbocycles. The Hall–Kier alpha value is -0.710. The number of carbonyl (C=O) groups is 2. The second-order valence-electron chi connectivity index (χ2n) is 4.95. The van der Waals surface area contributed by atoms with Crippen molar-refractivity contribution in [2.75, 3.05) is 31.9 Å². The molecule has 1 heterocycles. The zero-order chi connectivity index (χ0) is 13.0.